The topological polar surface area (TPSA) is 832 Å². The summed E-state index contributed by atoms with van der Waals surface area (Å²) in [5, 5.41) is 297. The minimum absolute atomic E-state index is 0.0961. The third kappa shape index (κ3) is 36.3. The Bertz CT molecular complexity index is 3920. The molecule has 0 bridgehead atoms. The second kappa shape index (κ2) is 63.2. The number of amides is 5. The zero-order valence-corrected chi connectivity index (χ0v) is 84.3. The molecule has 0 aromatic rings. The maximum absolute atomic E-state index is 14.1. The van der Waals surface area contributed by atoms with E-state index >= 15 is 0 Å². The first-order valence-electron chi connectivity index (χ1n) is 51.4. The Balaban J connectivity index is 1.19. The van der Waals surface area contributed by atoms with E-state index in [0.29, 0.717) is 12.8 Å². The maximum atomic E-state index is 14.1. The lowest BCUT2D eigenvalue weighted by molar-refractivity contribution is -0.391. The Morgan fingerprint density at radius 3 is 1.18 bits per heavy atom. The van der Waals surface area contributed by atoms with Crippen molar-refractivity contribution in [3.05, 3.63) is 12.2 Å². The summed E-state index contributed by atoms with van der Waals surface area (Å²) in [7, 11) is 0. The fraction of sp³-hybridized carbons (Fsp3) is 0.895. The predicted molar refractivity (Wildman–Crippen MR) is 501 cm³/mol. The van der Waals surface area contributed by atoms with Gasteiger partial charge in [-0.2, -0.15) is 0 Å². The molecule has 0 aromatic carbocycles. The molecule has 52 heteroatoms. The number of unbranched alkanes of at least 4 members (excludes halogenated alkanes) is 25. The quantitative estimate of drug-likeness (QED) is 0.0199. The average molecular weight is 2130 g/mol. The molecule has 852 valence electrons. The Morgan fingerprint density at radius 2 is 0.741 bits per heavy atom. The van der Waals surface area contributed by atoms with E-state index in [2.05, 4.69) is 40.4 Å². The number of nitrogens with one attached hydrogen (secondary N) is 5. The number of allylic oxidation sites excluding steroid dienone is 1. The number of hydrogen-bond donors (Lipinski definition) is 30. The first-order chi connectivity index (χ1) is 69.8. The molecule has 7 rings (SSSR count). The van der Waals surface area contributed by atoms with Crippen molar-refractivity contribution in [2.24, 2.45) is 0 Å². The summed E-state index contributed by atoms with van der Waals surface area (Å²) in [5.74, 6) is -21.6. The van der Waals surface area contributed by atoms with Crippen LogP contribution in [-0.4, -0.2) is 472 Å². The first kappa shape index (κ1) is 128. The van der Waals surface area contributed by atoms with Gasteiger partial charge in [-0.25, -0.2) is 14.4 Å². The minimum Gasteiger partial charge on any atom is -0.477 e. The summed E-state index contributed by atoms with van der Waals surface area (Å²) in [6.45, 7) is -2.04. The molecule has 0 saturated carbocycles. The van der Waals surface area contributed by atoms with E-state index in [-0.39, 0.29) is 6.42 Å². The lowest BCUT2D eigenvalue weighted by Gasteiger charge is -2.52. The highest BCUT2D eigenvalue weighted by Gasteiger charge is 2.65. The van der Waals surface area contributed by atoms with Gasteiger partial charge in [-0.3, -0.25) is 24.0 Å². The molecule has 0 unspecified atom stereocenters. The smallest absolute Gasteiger partial charge is 0.364 e. The maximum Gasteiger partial charge on any atom is 0.364 e. The zero-order valence-electron chi connectivity index (χ0n) is 84.3. The van der Waals surface area contributed by atoms with Gasteiger partial charge in [0, 0.05) is 53.4 Å². The van der Waals surface area contributed by atoms with E-state index in [0.717, 1.165) is 91.9 Å². The molecule has 7 aliphatic heterocycles. The molecule has 147 heavy (non-hydrogen) atoms. The van der Waals surface area contributed by atoms with Crippen LogP contribution in [0, 0.1) is 0 Å². The van der Waals surface area contributed by atoms with Crippen molar-refractivity contribution < 1.29 is 232 Å². The summed E-state index contributed by atoms with van der Waals surface area (Å²) >= 11 is 0. The third-order valence-electron chi connectivity index (χ3n) is 27.6. The van der Waals surface area contributed by atoms with Crippen molar-refractivity contribution in [2.75, 3.05) is 52.9 Å². The number of carboxylic acid groups (broad SMARTS) is 3. The van der Waals surface area contributed by atoms with Crippen LogP contribution in [0.3, 0.4) is 0 Å². The molecule has 0 aliphatic carbocycles. The van der Waals surface area contributed by atoms with E-state index < -0.39 is 363 Å². The van der Waals surface area contributed by atoms with Gasteiger partial charge in [0.1, 0.15) is 153 Å². The van der Waals surface area contributed by atoms with Gasteiger partial charge < -0.3 is 221 Å². The molecule has 7 saturated heterocycles. The van der Waals surface area contributed by atoms with Crippen LogP contribution in [0.1, 0.15) is 241 Å². The predicted octanol–water partition coefficient (Wildman–Crippen LogP) is -6.69. The summed E-state index contributed by atoms with van der Waals surface area (Å²) in [5.41, 5.74) is 0. The van der Waals surface area contributed by atoms with Crippen molar-refractivity contribution in [3.63, 3.8) is 0 Å². The first-order valence-corrected chi connectivity index (χ1v) is 51.4. The molecule has 0 aromatic heterocycles. The van der Waals surface area contributed by atoms with Crippen LogP contribution in [0.25, 0.3) is 0 Å². The summed E-state index contributed by atoms with van der Waals surface area (Å²) < 4.78 is 83.5. The van der Waals surface area contributed by atoms with Crippen LogP contribution in [0.2, 0.25) is 0 Å². The Hall–Kier alpha value is -5.94. The number of hydrogen-bond acceptors (Lipinski definition) is 44. The van der Waals surface area contributed by atoms with E-state index in [9.17, 15) is 166 Å². The van der Waals surface area contributed by atoms with Crippen molar-refractivity contribution >= 4 is 47.4 Å². The summed E-state index contributed by atoms with van der Waals surface area (Å²) in [4.78, 5) is 106. The number of aliphatic hydroxyl groups excluding tert-OH is 22. The number of rotatable bonds is 66. The van der Waals surface area contributed by atoms with Crippen molar-refractivity contribution in [1.82, 2.24) is 26.6 Å². The average Bonchev–Trinajstić information content (AvgIpc) is 0.745. The summed E-state index contributed by atoms with van der Waals surface area (Å²) in [6, 6.07) is -9.19. The molecular formula is C95H165N5O47. The van der Waals surface area contributed by atoms with Crippen LogP contribution in [0.5, 0.6) is 0 Å². The van der Waals surface area contributed by atoms with Crippen LogP contribution in [0.4, 0.5) is 0 Å². The number of aliphatic hydroxyl groups is 22. The molecule has 0 spiro atoms. The van der Waals surface area contributed by atoms with Gasteiger partial charge in [0.15, 0.2) is 25.2 Å². The fourth-order valence-electron chi connectivity index (χ4n) is 19.4. The molecular weight excluding hydrogens is 1960 g/mol. The van der Waals surface area contributed by atoms with E-state index in [4.69, 9.17) is 66.3 Å². The minimum atomic E-state index is -3.54. The number of carbonyl (C=O) groups is 8. The highest BCUT2D eigenvalue weighted by Crippen LogP contribution is 2.44. The normalized spacial score (nSPS) is 35.5. The number of aliphatic carboxylic acids is 3. The molecule has 0 radical (unpaired) electrons. The monoisotopic (exact) mass is 2130 g/mol. The van der Waals surface area contributed by atoms with Crippen molar-refractivity contribution in [1.29, 1.82) is 0 Å². The number of ether oxygens (including phenoxy) is 14. The van der Waals surface area contributed by atoms with E-state index in [1.165, 1.54) is 102 Å². The fourth-order valence-corrected chi connectivity index (χ4v) is 19.4. The summed E-state index contributed by atoms with van der Waals surface area (Å²) in [6.07, 6.45) is -45.2. The number of carbonyl (C=O) groups excluding carboxylic acids is 5. The second-order valence-electron chi connectivity index (χ2n) is 39.3. The molecule has 7 fully saturated rings. The third-order valence-corrected chi connectivity index (χ3v) is 27.6. The molecule has 40 atom stereocenters. The van der Waals surface area contributed by atoms with Crippen LogP contribution < -0.4 is 26.6 Å². The van der Waals surface area contributed by atoms with Gasteiger partial charge in [0.25, 0.3) is 17.4 Å². The van der Waals surface area contributed by atoms with Gasteiger partial charge in [-0.1, -0.05) is 180 Å². The van der Waals surface area contributed by atoms with Gasteiger partial charge in [-0.05, 0) is 19.3 Å². The Kier molecular flexibility index (Phi) is 55.0. The Morgan fingerprint density at radius 1 is 0.381 bits per heavy atom. The highest BCUT2D eigenvalue weighted by atomic mass is 16.8. The number of carboxylic acids is 3. The molecule has 30 N–H and O–H groups in total. The van der Waals surface area contributed by atoms with Gasteiger partial charge >= 0.3 is 17.9 Å². The van der Waals surface area contributed by atoms with Gasteiger partial charge in [0.05, 0.1) is 101 Å². The zero-order chi connectivity index (χ0) is 109. The van der Waals surface area contributed by atoms with Crippen molar-refractivity contribution in [3.8, 4) is 0 Å². The van der Waals surface area contributed by atoms with Crippen LogP contribution >= 0.6 is 0 Å². The van der Waals surface area contributed by atoms with Gasteiger partial charge in [-0.15, -0.1) is 0 Å². The van der Waals surface area contributed by atoms with E-state index in [1.807, 2.05) is 0 Å². The molecule has 7 aliphatic rings. The highest BCUT2D eigenvalue weighted by molar-refractivity contribution is 5.79. The lowest BCUT2D eigenvalue weighted by atomic mass is 9.87. The van der Waals surface area contributed by atoms with E-state index in [1.54, 1.807) is 6.08 Å². The molecule has 52 nitrogen and oxygen atoms in total. The largest absolute Gasteiger partial charge is 0.477 e. The van der Waals surface area contributed by atoms with Crippen LogP contribution in [0.15, 0.2) is 12.2 Å². The lowest BCUT2D eigenvalue weighted by Crippen LogP contribution is -2.72. The van der Waals surface area contributed by atoms with Gasteiger partial charge in [0.2, 0.25) is 29.5 Å². The molecule has 7 heterocycles. The Labute approximate surface area is 852 Å². The van der Waals surface area contributed by atoms with Crippen LogP contribution in [-0.2, 0) is 105 Å². The van der Waals surface area contributed by atoms with Crippen molar-refractivity contribution in [2.45, 2.75) is 484 Å². The molecule has 5 amide bonds. The SMILES string of the molecule is CCCCCCCCCCCCC/C=C/[C@@H](O)[C@H](CO[C@@H]1O[C@H](CO)[C@@H](O[C@@H]2O[C@H](CO)[C@H](O[C@@H]3O[C@H](CO[C@]4(C(=O)O)C[C@H](O)[C@@H](NC(C)=O)[C@H]([C@H](O)[C@@H](CO)O[C@]5(C(=O)O)C[C@H](O)[C@@H](NC(C)=O)[C@H]([C@H](O)[C@H](O)CO)O5)O4)[C@H](O)[C@H](O[C@@H]4O[C@H](CO)[C@H](O)[C@H](O[C@]5(C(=O)O)C[C@H](O)[C@@H](NC(C)=O)[C@H]([C@H](O)[C@H](O)CO)O5)[C@H]4O)[C@H]3NC(C)=O)[C@H](O)[C@H]2O)[C@H](O)[C@H]1O)NC(=O)CCCCCCCCCCCCCCCCC. The standard InChI is InChI=1S/C95H165N5O47/c1-7-9-11-13-15-17-19-21-22-24-26-28-30-32-34-36-64(117)100-52(53(111)35-33-31-29-27-25-23-20-18-16-14-12-10-8-2)46-134-87-76(125)74(123)80(61(44-105)137-87)141-88-77(126)75(124)79(62(45-106)138-88)140-86-68(99-51(6)110)81(142-89-78(127)85(71(120)59(42-103)136-89)147-95(92(132)133)39-56(114)66(97-49(4)108)83(146-95)70(119)58(116)41-102)73(122)63(139-86)47-135-93(90(128)129)37-54(112)67(98-50(5)109)84(144-93)72(121)60(43-104)143-94(91(130)131)38-55(113)65(96-48(3)107)82(145-94)69(118)57(115)40-101/h33,35,52-63,65-89,101-106,111-116,118-127H,7-32,34,36-47H2,1-6H3,(H,96,107)(H,97,108)(H,98,109)(H,99,110)(H,100,117)(H,128,129)(H,130,131)(H,132,133)/b35-33+/t52-,53+,54-,55-,56-,57+,58+,59+,60+,61+,62+,63+,65+,66+,67+,68+,69+,70+,71-,72+,73-,74+,75+,76+,77+,78+,79-,80+,81+,82+,83+,84+,85-,86-,87+,88-,89-,93+,94+,95-/m0/s1. The second-order valence-corrected chi connectivity index (χ2v) is 39.3.